The second-order valence-electron chi connectivity index (χ2n) is 4.61. The number of carbonyl (C=O) groups is 1. The molecule has 1 N–H and O–H groups in total. The van der Waals surface area contributed by atoms with Crippen LogP contribution in [0.5, 0.6) is 5.75 Å². The second-order valence-corrected chi connectivity index (χ2v) is 5.64. The van der Waals surface area contributed by atoms with Crippen molar-refractivity contribution in [1.82, 2.24) is 15.1 Å². The molecule has 22 heavy (non-hydrogen) atoms. The Morgan fingerprint density at radius 3 is 3.00 bits per heavy atom. The zero-order chi connectivity index (χ0) is 15.5. The SMILES string of the molecule is COc1cccc2sc(NC(=O)CCc3nc(C)no3)nc12. The number of ether oxygens (including phenoxy) is 1. The number of carbonyl (C=O) groups excluding carboxylic acids is 1. The maximum Gasteiger partial charge on any atom is 0.227 e. The van der Waals surface area contributed by atoms with Crippen LogP contribution >= 0.6 is 11.3 Å². The molecule has 114 valence electrons. The third kappa shape index (κ3) is 3.06. The molecule has 3 rings (SSSR count). The van der Waals surface area contributed by atoms with Crippen molar-refractivity contribution in [3.05, 3.63) is 29.9 Å². The molecule has 1 amide bonds. The summed E-state index contributed by atoms with van der Waals surface area (Å²) in [5.41, 5.74) is 0.748. The number of hydrogen-bond donors (Lipinski definition) is 1. The van der Waals surface area contributed by atoms with Crippen molar-refractivity contribution in [1.29, 1.82) is 0 Å². The topological polar surface area (TPSA) is 90.1 Å². The van der Waals surface area contributed by atoms with Gasteiger partial charge in [0.1, 0.15) is 11.3 Å². The second kappa shape index (κ2) is 6.10. The van der Waals surface area contributed by atoms with Gasteiger partial charge in [0.2, 0.25) is 11.8 Å². The fourth-order valence-electron chi connectivity index (χ4n) is 1.99. The van der Waals surface area contributed by atoms with Crippen molar-refractivity contribution < 1.29 is 14.1 Å². The molecule has 2 heterocycles. The zero-order valence-electron chi connectivity index (χ0n) is 12.1. The van der Waals surface area contributed by atoms with Gasteiger partial charge in [-0.15, -0.1) is 0 Å². The average molecular weight is 318 g/mol. The number of methoxy groups -OCH3 is 1. The number of amides is 1. The summed E-state index contributed by atoms with van der Waals surface area (Å²) in [6.45, 7) is 1.74. The number of aryl methyl sites for hydroxylation is 2. The number of anilines is 1. The summed E-state index contributed by atoms with van der Waals surface area (Å²) < 4.78 is 11.2. The summed E-state index contributed by atoms with van der Waals surface area (Å²) in [4.78, 5) is 20.4. The fourth-order valence-corrected chi connectivity index (χ4v) is 2.88. The van der Waals surface area contributed by atoms with E-state index in [1.165, 1.54) is 11.3 Å². The number of fused-ring (bicyclic) bond motifs is 1. The summed E-state index contributed by atoms with van der Waals surface area (Å²) in [5.74, 6) is 1.57. The number of benzene rings is 1. The van der Waals surface area contributed by atoms with Gasteiger partial charge in [0.25, 0.3) is 0 Å². The fraction of sp³-hybridized carbons (Fsp3) is 0.286. The van der Waals surface area contributed by atoms with Gasteiger partial charge in [0.05, 0.1) is 11.8 Å². The van der Waals surface area contributed by atoms with Crippen LogP contribution in [0.2, 0.25) is 0 Å². The normalized spacial score (nSPS) is 10.8. The summed E-state index contributed by atoms with van der Waals surface area (Å²) >= 11 is 1.41. The Hall–Kier alpha value is -2.48. The highest BCUT2D eigenvalue weighted by molar-refractivity contribution is 7.22. The predicted octanol–water partition coefficient (Wildman–Crippen LogP) is 2.57. The van der Waals surface area contributed by atoms with Crippen LogP contribution in [-0.2, 0) is 11.2 Å². The van der Waals surface area contributed by atoms with Crippen molar-refractivity contribution in [2.75, 3.05) is 12.4 Å². The van der Waals surface area contributed by atoms with E-state index >= 15 is 0 Å². The molecule has 0 bridgehead atoms. The van der Waals surface area contributed by atoms with E-state index in [9.17, 15) is 4.79 Å². The van der Waals surface area contributed by atoms with Crippen LogP contribution in [0, 0.1) is 6.92 Å². The lowest BCUT2D eigenvalue weighted by Crippen LogP contribution is -2.12. The monoisotopic (exact) mass is 318 g/mol. The van der Waals surface area contributed by atoms with Crippen molar-refractivity contribution >= 4 is 32.6 Å². The first kappa shape index (κ1) is 14.5. The molecule has 7 nitrogen and oxygen atoms in total. The van der Waals surface area contributed by atoms with E-state index in [4.69, 9.17) is 9.26 Å². The number of para-hydroxylation sites is 1. The summed E-state index contributed by atoms with van der Waals surface area (Å²) in [6, 6.07) is 5.67. The van der Waals surface area contributed by atoms with Gasteiger partial charge in [0, 0.05) is 12.8 Å². The van der Waals surface area contributed by atoms with Gasteiger partial charge < -0.3 is 14.6 Å². The van der Waals surface area contributed by atoms with E-state index in [-0.39, 0.29) is 12.3 Å². The molecule has 0 fully saturated rings. The highest BCUT2D eigenvalue weighted by atomic mass is 32.1. The van der Waals surface area contributed by atoms with Crippen LogP contribution in [0.1, 0.15) is 18.1 Å². The maximum atomic E-state index is 12.0. The summed E-state index contributed by atoms with van der Waals surface area (Å²) in [5, 5.41) is 7.01. The van der Waals surface area contributed by atoms with Gasteiger partial charge in [0.15, 0.2) is 11.0 Å². The van der Waals surface area contributed by atoms with E-state index in [1.54, 1.807) is 14.0 Å². The molecule has 3 aromatic rings. The van der Waals surface area contributed by atoms with Gasteiger partial charge in [-0.05, 0) is 19.1 Å². The third-order valence-corrected chi connectivity index (χ3v) is 3.92. The van der Waals surface area contributed by atoms with E-state index in [2.05, 4.69) is 20.4 Å². The Bertz CT molecular complexity index is 811. The predicted molar refractivity (Wildman–Crippen MR) is 82.2 cm³/mol. The molecule has 1 aromatic carbocycles. The van der Waals surface area contributed by atoms with Crippen LogP contribution in [-0.4, -0.2) is 28.1 Å². The van der Waals surface area contributed by atoms with Crippen LogP contribution in [0.15, 0.2) is 22.7 Å². The van der Waals surface area contributed by atoms with E-state index < -0.39 is 0 Å². The first-order chi connectivity index (χ1) is 10.7. The number of aromatic nitrogens is 3. The Balaban J connectivity index is 1.66. The molecule has 0 aliphatic heterocycles. The van der Waals surface area contributed by atoms with Crippen LogP contribution in [0.4, 0.5) is 5.13 Å². The number of nitrogens with zero attached hydrogens (tertiary/aromatic N) is 3. The van der Waals surface area contributed by atoms with Crippen LogP contribution in [0.25, 0.3) is 10.2 Å². The Morgan fingerprint density at radius 2 is 2.27 bits per heavy atom. The van der Waals surface area contributed by atoms with Gasteiger partial charge >= 0.3 is 0 Å². The largest absolute Gasteiger partial charge is 0.494 e. The number of hydrogen-bond acceptors (Lipinski definition) is 7. The standard InChI is InChI=1S/C14H14N4O3S/c1-8-15-12(21-18-8)7-6-11(19)16-14-17-13-9(20-2)4-3-5-10(13)22-14/h3-5H,6-7H2,1-2H3,(H,16,17,19). The minimum absolute atomic E-state index is 0.145. The van der Waals surface area contributed by atoms with Gasteiger partial charge in [-0.25, -0.2) is 4.98 Å². The minimum atomic E-state index is -0.145. The smallest absolute Gasteiger partial charge is 0.227 e. The first-order valence-electron chi connectivity index (χ1n) is 6.68. The molecule has 0 saturated heterocycles. The molecule has 0 aliphatic rings. The molecular weight excluding hydrogens is 304 g/mol. The number of thiazole rings is 1. The van der Waals surface area contributed by atoms with E-state index in [0.29, 0.717) is 29.0 Å². The van der Waals surface area contributed by atoms with Crippen molar-refractivity contribution in [3.63, 3.8) is 0 Å². The van der Waals surface area contributed by atoms with Gasteiger partial charge in [-0.1, -0.05) is 22.6 Å². The molecule has 0 unspecified atom stereocenters. The molecular formula is C14H14N4O3S. The van der Waals surface area contributed by atoms with E-state index in [1.807, 2.05) is 18.2 Å². The highest BCUT2D eigenvalue weighted by Gasteiger charge is 2.12. The molecule has 0 saturated carbocycles. The summed E-state index contributed by atoms with van der Waals surface area (Å²) in [6.07, 6.45) is 0.662. The Morgan fingerprint density at radius 1 is 1.41 bits per heavy atom. The molecule has 0 atom stereocenters. The first-order valence-corrected chi connectivity index (χ1v) is 7.50. The average Bonchev–Trinajstić information content (AvgIpc) is 3.10. The van der Waals surface area contributed by atoms with Gasteiger partial charge in [-0.2, -0.15) is 4.98 Å². The van der Waals surface area contributed by atoms with Crippen molar-refractivity contribution in [2.24, 2.45) is 0 Å². The third-order valence-electron chi connectivity index (χ3n) is 2.98. The quantitative estimate of drug-likeness (QED) is 0.777. The lowest BCUT2D eigenvalue weighted by atomic mass is 10.3. The lowest BCUT2D eigenvalue weighted by molar-refractivity contribution is -0.116. The molecule has 0 aliphatic carbocycles. The molecule has 8 heteroatoms. The van der Waals surface area contributed by atoms with Crippen molar-refractivity contribution in [3.8, 4) is 5.75 Å². The van der Waals surface area contributed by atoms with Crippen LogP contribution < -0.4 is 10.1 Å². The summed E-state index contributed by atoms with van der Waals surface area (Å²) in [7, 11) is 1.60. The van der Waals surface area contributed by atoms with E-state index in [0.717, 1.165) is 10.2 Å². The maximum absolute atomic E-state index is 12.0. The van der Waals surface area contributed by atoms with Crippen LogP contribution in [0.3, 0.4) is 0 Å². The lowest BCUT2D eigenvalue weighted by Gasteiger charge is -1.99. The van der Waals surface area contributed by atoms with Gasteiger partial charge in [-0.3, -0.25) is 4.79 Å². The number of rotatable bonds is 5. The van der Waals surface area contributed by atoms with Crippen molar-refractivity contribution in [2.45, 2.75) is 19.8 Å². The molecule has 2 aromatic heterocycles. The minimum Gasteiger partial charge on any atom is -0.494 e. The Kier molecular flexibility index (Phi) is 4.01. The molecule has 0 spiro atoms. The molecule has 0 radical (unpaired) electrons. The highest BCUT2D eigenvalue weighted by Crippen LogP contribution is 2.32. The zero-order valence-corrected chi connectivity index (χ0v) is 12.9. The number of nitrogens with one attached hydrogen (secondary N) is 1. The Labute approximate surface area is 130 Å².